The van der Waals surface area contributed by atoms with Gasteiger partial charge in [-0.25, -0.2) is 0 Å². The fourth-order valence-electron chi connectivity index (χ4n) is 2.79. The second-order valence-electron chi connectivity index (χ2n) is 5.62. The predicted molar refractivity (Wildman–Crippen MR) is 79.9 cm³/mol. The van der Waals surface area contributed by atoms with Gasteiger partial charge in [0.2, 0.25) is 0 Å². The van der Waals surface area contributed by atoms with Crippen molar-refractivity contribution in [3.8, 4) is 0 Å². The van der Waals surface area contributed by atoms with Crippen LogP contribution < -0.4 is 10.6 Å². The smallest absolute Gasteiger partial charge is 0.164 e. The molecule has 0 atom stereocenters. The van der Waals surface area contributed by atoms with Gasteiger partial charge in [0.25, 0.3) is 0 Å². The number of benzene rings is 1. The number of rotatable bonds is 3. The molecule has 1 saturated heterocycles. The number of anilines is 1. The van der Waals surface area contributed by atoms with E-state index in [2.05, 4.69) is 41.2 Å². The van der Waals surface area contributed by atoms with Crippen molar-refractivity contribution in [3.63, 3.8) is 0 Å². The quantitative estimate of drug-likeness (QED) is 0.932. The number of aryl methyl sites for hydroxylation is 1. The molecule has 4 heteroatoms. The summed E-state index contributed by atoms with van der Waals surface area (Å²) in [7, 11) is 0. The molecule has 1 aliphatic heterocycles. The largest absolute Gasteiger partial charge is 0.367 e. The van der Waals surface area contributed by atoms with E-state index in [1.54, 1.807) is 0 Å². The van der Waals surface area contributed by atoms with Crippen molar-refractivity contribution >= 4 is 5.69 Å². The van der Waals surface area contributed by atoms with Crippen LogP contribution in [0.1, 0.15) is 29.7 Å². The summed E-state index contributed by atoms with van der Waals surface area (Å²) >= 11 is 0. The minimum atomic E-state index is 0.339. The Balaban J connectivity index is 1.76. The number of hydrogen-bond acceptors (Lipinski definition) is 4. The number of nitrogens with two attached hydrogens (primary N) is 1. The highest BCUT2D eigenvalue weighted by Gasteiger charge is 2.21. The normalized spacial score (nSPS) is 16.6. The van der Waals surface area contributed by atoms with Crippen LogP contribution in [0.5, 0.6) is 0 Å². The highest BCUT2D eigenvalue weighted by molar-refractivity contribution is 5.49. The molecule has 0 amide bonds. The molecule has 4 nitrogen and oxygen atoms in total. The van der Waals surface area contributed by atoms with Crippen LogP contribution in [0.25, 0.3) is 0 Å². The van der Waals surface area contributed by atoms with Gasteiger partial charge in [-0.1, -0.05) is 35.0 Å². The molecule has 1 aromatic carbocycles. The van der Waals surface area contributed by atoms with Crippen molar-refractivity contribution in [2.24, 2.45) is 5.73 Å². The van der Waals surface area contributed by atoms with Crippen LogP contribution in [0, 0.1) is 6.92 Å². The van der Waals surface area contributed by atoms with E-state index in [9.17, 15) is 0 Å². The Labute approximate surface area is 119 Å². The van der Waals surface area contributed by atoms with Crippen molar-refractivity contribution in [1.82, 2.24) is 5.16 Å². The van der Waals surface area contributed by atoms with Crippen LogP contribution in [-0.2, 0) is 6.42 Å². The standard InChI is InChI=1S/C16H21N3O/c1-12-3-2-4-13(9-12)10-16-15(11-18-20-16)19-7-5-14(17)6-8-19/h2-4,9,11,14H,5-8,10,17H2,1H3. The molecule has 1 aromatic heterocycles. The van der Waals surface area contributed by atoms with Crippen LogP contribution in [0.4, 0.5) is 5.69 Å². The van der Waals surface area contributed by atoms with Crippen LogP contribution in [0.2, 0.25) is 0 Å². The average molecular weight is 271 g/mol. The maximum absolute atomic E-state index is 5.96. The predicted octanol–water partition coefficient (Wildman–Crippen LogP) is 2.50. The maximum Gasteiger partial charge on any atom is 0.164 e. The van der Waals surface area contributed by atoms with Crippen molar-refractivity contribution in [1.29, 1.82) is 0 Å². The molecule has 0 saturated carbocycles. The molecule has 1 aliphatic rings. The Bertz CT molecular complexity index is 571. The highest BCUT2D eigenvalue weighted by atomic mass is 16.5. The van der Waals surface area contributed by atoms with Gasteiger partial charge in [-0.05, 0) is 25.3 Å². The average Bonchev–Trinajstić information content (AvgIpc) is 2.88. The first kappa shape index (κ1) is 13.2. The minimum Gasteiger partial charge on any atom is -0.367 e. The van der Waals surface area contributed by atoms with Crippen molar-refractivity contribution in [3.05, 3.63) is 47.3 Å². The van der Waals surface area contributed by atoms with E-state index in [0.717, 1.165) is 43.8 Å². The fourth-order valence-corrected chi connectivity index (χ4v) is 2.79. The van der Waals surface area contributed by atoms with Crippen molar-refractivity contribution in [2.75, 3.05) is 18.0 Å². The van der Waals surface area contributed by atoms with Gasteiger partial charge < -0.3 is 15.2 Å². The molecule has 2 heterocycles. The molecule has 0 bridgehead atoms. The molecule has 3 rings (SSSR count). The van der Waals surface area contributed by atoms with E-state index in [4.69, 9.17) is 10.3 Å². The van der Waals surface area contributed by atoms with Crippen molar-refractivity contribution in [2.45, 2.75) is 32.2 Å². The van der Waals surface area contributed by atoms with Crippen molar-refractivity contribution < 1.29 is 4.52 Å². The SMILES string of the molecule is Cc1cccc(Cc2oncc2N2CCC(N)CC2)c1. The zero-order chi connectivity index (χ0) is 13.9. The van der Waals surface area contributed by atoms with E-state index >= 15 is 0 Å². The number of nitrogens with zero attached hydrogens (tertiary/aromatic N) is 2. The summed E-state index contributed by atoms with van der Waals surface area (Å²) in [5.74, 6) is 0.950. The van der Waals surface area contributed by atoms with E-state index < -0.39 is 0 Å². The Morgan fingerprint density at radius 3 is 2.90 bits per heavy atom. The number of hydrogen-bond donors (Lipinski definition) is 1. The zero-order valence-electron chi connectivity index (χ0n) is 11.9. The molecule has 20 heavy (non-hydrogen) atoms. The summed E-state index contributed by atoms with van der Waals surface area (Å²) in [6.45, 7) is 4.09. The first-order valence-corrected chi connectivity index (χ1v) is 7.22. The molecule has 0 radical (unpaired) electrons. The molecule has 0 unspecified atom stereocenters. The third kappa shape index (κ3) is 2.85. The van der Waals surface area contributed by atoms with Crippen LogP contribution in [0.3, 0.4) is 0 Å². The van der Waals surface area contributed by atoms with Crippen LogP contribution in [-0.4, -0.2) is 24.3 Å². The molecular formula is C16H21N3O. The molecule has 2 N–H and O–H groups in total. The second-order valence-corrected chi connectivity index (χ2v) is 5.62. The van der Waals surface area contributed by atoms with Gasteiger partial charge in [-0.3, -0.25) is 0 Å². The lowest BCUT2D eigenvalue weighted by atomic mass is 10.0. The Kier molecular flexibility index (Phi) is 3.74. The summed E-state index contributed by atoms with van der Waals surface area (Å²) < 4.78 is 5.47. The lowest BCUT2D eigenvalue weighted by molar-refractivity contribution is 0.388. The number of aromatic nitrogens is 1. The Morgan fingerprint density at radius 2 is 2.15 bits per heavy atom. The first-order valence-electron chi connectivity index (χ1n) is 7.22. The van der Waals surface area contributed by atoms with E-state index in [1.165, 1.54) is 11.1 Å². The molecule has 106 valence electrons. The summed E-state index contributed by atoms with van der Waals surface area (Å²) in [5.41, 5.74) is 9.62. The fraction of sp³-hybridized carbons (Fsp3) is 0.438. The Morgan fingerprint density at radius 1 is 1.35 bits per heavy atom. The summed E-state index contributed by atoms with van der Waals surface area (Å²) in [6, 6.07) is 8.85. The highest BCUT2D eigenvalue weighted by Crippen LogP contribution is 2.26. The van der Waals surface area contributed by atoms with Crippen LogP contribution in [0.15, 0.2) is 35.0 Å². The molecule has 1 fully saturated rings. The van der Waals surface area contributed by atoms with Gasteiger partial charge in [-0.2, -0.15) is 0 Å². The molecule has 0 spiro atoms. The summed E-state index contributed by atoms with van der Waals surface area (Å²) in [4.78, 5) is 2.34. The summed E-state index contributed by atoms with van der Waals surface area (Å²) in [6.07, 6.45) is 4.70. The van der Waals surface area contributed by atoms with Gasteiger partial charge in [0, 0.05) is 25.6 Å². The monoisotopic (exact) mass is 271 g/mol. The molecular weight excluding hydrogens is 250 g/mol. The van der Waals surface area contributed by atoms with E-state index in [1.807, 2.05) is 6.20 Å². The van der Waals surface area contributed by atoms with E-state index in [0.29, 0.717) is 6.04 Å². The summed E-state index contributed by atoms with van der Waals surface area (Å²) in [5, 5.41) is 3.99. The van der Waals surface area contributed by atoms with Gasteiger partial charge in [0.05, 0.1) is 6.20 Å². The second kappa shape index (κ2) is 5.67. The minimum absolute atomic E-state index is 0.339. The maximum atomic E-state index is 5.96. The molecule has 2 aromatic rings. The lowest BCUT2D eigenvalue weighted by Gasteiger charge is -2.31. The lowest BCUT2D eigenvalue weighted by Crippen LogP contribution is -2.39. The number of piperidine rings is 1. The third-order valence-corrected chi connectivity index (χ3v) is 3.95. The Hall–Kier alpha value is -1.81. The van der Waals surface area contributed by atoms with Gasteiger partial charge in [0.15, 0.2) is 5.76 Å². The first-order chi connectivity index (χ1) is 9.72. The van der Waals surface area contributed by atoms with Gasteiger partial charge in [-0.15, -0.1) is 0 Å². The zero-order valence-corrected chi connectivity index (χ0v) is 11.9. The van der Waals surface area contributed by atoms with Gasteiger partial charge >= 0.3 is 0 Å². The molecule has 0 aliphatic carbocycles. The topological polar surface area (TPSA) is 55.3 Å². The third-order valence-electron chi connectivity index (χ3n) is 3.95. The van der Waals surface area contributed by atoms with E-state index in [-0.39, 0.29) is 0 Å². The van der Waals surface area contributed by atoms with Gasteiger partial charge in [0.1, 0.15) is 5.69 Å². The van der Waals surface area contributed by atoms with Crippen LogP contribution >= 0.6 is 0 Å².